The molecule has 0 bridgehead atoms. The number of aryl methyl sites for hydroxylation is 1. The van der Waals surface area contributed by atoms with Gasteiger partial charge < -0.3 is 20.3 Å². The average Bonchev–Trinajstić information content (AvgIpc) is 2.76. The van der Waals surface area contributed by atoms with E-state index in [1.54, 1.807) is 7.05 Å². The first-order valence-electron chi connectivity index (χ1n) is 10.3. The number of ether oxygens (including phenoxy) is 1. The second-order valence-electron chi connectivity index (χ2n) is 7.38. The van der Waals surface area contributed by atoms with Crippen molar-refractivity contribution in [1.82, 2.24) is 15.6 Å². The highest BCUT2D eigenvalue weighted by Gasteiger charge is 2.34. The molecule has 1 fully saturated rings. The molecule has 2 aromatic rings. The molecule has 0 aliphatic carbocycles. The topological polar surface area (TPSA) is 61.8 Å². The van der Waals surface area contributed by atoms with Gasteiger partial charge in [0.15, 0.2) is 5.96 Å². The highest BCUT2D eigenvalue weighted by molar-refractivity contribution is 14.0. The quantitative estimate of drug-likeness (QED) is 0.239. The molecule has 0 spiro atoms. The summed E-state index contributed by atoms with van der Waals surface area (Å²) in [5.41, 5.74) is 0.231. The Bertz CT molecular complexity index is 886. The van der Waals surface area contributed by atoms with Crippen molar-refractivity contribution in [3.63, 3.8) is 0 Å². The molecular weight excluding hydrogens is 534 g/mol. The summed E-state index contributed by atoms with van der Waals surface area (Å²) in [6.07, 6.45) is -2.57. The van der Waals surface area contributed by atoms with E-state index < -0.39 is 11.7 Å². The van der Waals surface area contributed by atoms with E-state index in [0.717, 1.165) is 43.5 Å². The third kappa shape index (κ3) is 7.42. The third-order valence-electron chi connectivity index (χ3n) is 5.10. The van der Waals surface area contributed by atoms with Crippen LogP contribution >= 0.6 is 24.0 Å². The lowest BCUT2D eigenvalue weighted by Gasteiger charge is -2.34. The van der Waals surface area contributed by atoms with Crippen LogP contribution in [0.2, 0.25) is 0 Å². The smallest absolute Gasteiger partial charge is 0.419 e. The predicted octanol–water partition coefficient (Wildman–Crippen LogP) is 4.24. The van der Waals surface area contributed by atoms with E-state index in [4.69, 9.17) is 4.74 Å². The van der Waals surface area contributed by atoms with Crippen molar-refractivity contribution in [3.05, 3.63) is 53.7 Å². The van der Waals surface area contributed by atoms with Gasteiger partial charge in [-0.3, -0.25) is 4.99 Å². The number of anilines is 1. The monoisotopic (exact) mass is 563 g/mol. The van der Waals surface area contributed by atoms with Crippen molar-refractivity contribution in [2.24, 2.45) is 4.99 Å². The van der Waals surface area contributed by atoms with Crippen molar-refractivity contribution in [2.75, 3.05) is 38.2 Å². The number of hydrogen-bond donors (Lipinski definition) is 2. The zero-order valence-corrected chi connectivity index (χ0v) is 20.5. The standard InChI is InChI=1S/C22H28F3N5O.HI/c1-16-6-5-9-20(28-16)30-13-10-17(11-14-30)29-21(26-2)27-12-15-31-19-8-4-3-7-18(19)22(23,24)25;/h3-9,17H,10-15H2,1-2H3,(H2,26,27,29);1H. The van der Waals surface area contributed by atoms with E-state index in [9.17, 15) is 13.2 Å². The molecule has 0 saturated carbocycles. The summed E-state index contributed by atoms with van der Waals surface area (Å²) < 4.78 is 44.4. The van der Waals surface area contributed by atoms with Crippen molar-refractivity contribution >= 4 is 35.8 Å². The molecule has 0 radical (unpaired) electrons. The summed E-state index contributed by atoms with van der Waals surface area (Å²) in [6.45, 7) is 4.19. The molecule has 1 aliphatic heterocycles. The second kappa shape index (κ2) is 12.1. The normalized spacial score (nSPS) is 15.2. The number of pyridine rings is 1. The van der Waals surface area contributed by atoms with Crippen LogP contribution in [0.15, 0.2) is 47.5 Å². The molecular formula is C22H29F3IN5O. The molecule has 1 saturated heterocycles. The number of nitrogens with one attached hydrogen (secondary N) is 2. The van der Waals surface area contributed by atoms with Crippen LogP contribution in [0.4, 0.5) is 19.0 Å². The Hall–Kier alpha value is -2.24. The number of aliphatic imine (C=N–C) groups is 1. The molecule has 2 N–H and O–H groups in total. The van der Waals surface area contributed by atoms with Gasteiger partial charge in [-0.05, 0) is 44.0 Å². The van der Waals surface area contributed by atoms with Gasteiger partial charge in [-0.25, -0.2) is 4.98 Å². The lowest BCUT2D eigenvalue weighted by molar-refractivity contribution is -0.138. The van der Waals surface area contributed by atoms with Gasteiger partial charge in [-0.15, -0.1) is 24.0 Å². The number of nitrogens with zero attached hydrogens (tertiary/aromatic N) is 3. The summed E-state index contributed by atoms with van der Waals surface area (Å²) in [5, 5.41) is 6.48. The van der Waals surface area contributed by atoms with Gasteiger partial charge in [-0.2, -0.15) is 13.2 Å². The average molecular weight is 563 g/mol. The third-order valence-corrected chi connectivity index (χ3v) is 5.10. The van der Waals surface area contributed by atoms with Gasteiger partial charge in [0.1, 0.15) is 18.2 Å². The number of alkyl halides is 3. The summed E-state index contributed by atoms with van der Waals surface area (Å²) in [6, 6.07) is 11.5. The summed E-state index contributed by atoms with van der Waals surface area (Å²) in [4.78, 5) is 11.1. The van der Waals surface area contributed by atoms with Crippen LogP contribution in [0, 0.1) is 6.92 Å². The number of hydrogen-bond acceptors (Lipinski definition) is 4. The first kappa shape index (κ1) is 26.0. The summed E-state index contributed by atoms with van der Waals surface area (Å²) >= 11 is 0. The molecule has 2 heterocycles. The lowest BCUT2D eigenvalue weighted by atomic mass is 10.1. The van der Waals surface area contributed by atoms with Gasteiger partial charge in [-0.1, -0.05) is 18.2 Å². The minimum atomic E-state index is -4.44. The molecule has 32 heavy (non-hydrogen) atoms. The molecule has 0 atom stereocenters. The van der Waals surface area contributed by atoms with Crippen LogP contribution in [-0.2, 0) is 6.18 Å². The number of piperidine rings is 1. The molecule has 0 amide bonds. The van der Waals surface area contributed by atoms with Crippen LogP contribution in [-0.4, -0.2) is 50.3 Å². The van der Waals surface area contributed by atoms with Crippen molar-refractivity contribution in [3.8, 4) is 5.75 Å². The zero-order valence-electron chi connectivity index (χ0n) is 18.2. The van der Waals surface area contributed by atoms with E-state index in [2.05, 4.69) is 25.5 Å². The largest absolute Gasteiger partial charge is 0.491 e. The van der Waals surface area contributed by atoms with E-state index in [1.807, 2.05) is 25.1 Å². The van der Waals surface area contributed by atoms with Gasteiger partial charge in [0.05, 0.1) is 12.1 Å². The molecule has 10 heteroatoms. The van der Waals surface area contributed by atoms with Crippen molar-refractivity contribution in [2.45, 2.75) is 32.0 Å². The SMILES string of the molecule is CN=C(NCCOc1ccccc1C(F)(F)F)NC1CCN(c2cccc(C)n2)CC1.I. The Kier molecular flexibility index (Phi) is 9.85. The van der Waals surface area contributed by atoms with Gasteiger partial charge in [0.2, 0.25) is 0 Å². The fraction of sp³-hybridized carbons (Fsp3) is 0.455. The molecule has 0 unspecified atom stereocenters. The fourth-order valence-corrected chi connectivity index (χ4v) is 3.50. The lowest BCUT2D eigenvalue weighted by Crippen LogP contribution is -2.49. The zero-order chi connectivity index (χ0) is 22.3. The number of halogens is 4. The minimum absolute atomic E-state index is 0. The van der Waals surface area contributed by atoms with Crippen molar-refractivity contribution < 1.29 is 17.9 Å². The Labute approximate surface area is 203 Å². The maximum absolute atomic E-state index is 13.0. The Morgan fingerprint density at radius 2 is 1.88 bits per heavy atom. The molecule has 176 valence electrons. The highest BCUT2D eigenvalue weighted by atomic mass is 127. The van der Waals surface area contributed by atoms with E-state index >= 15 is 0 Å². The summed E-state index contributed by atoms with van der Waals surface area (Å²) in [7, 11) is 1.67. The van der Waals surface area contributed by atoms with Crippen LogP contribution in [0.1, 0.15) is 24.1 Å². The van der Waals surface area contributed by atoms with E-state index in [1.165, 1.54) is 18.2 Å². The molecule has 1 aromatic heterocycles. The Balaban J connectivity index is 0.00000363. The van der Waals surface area contributed by atoms with E-state index in [0.29, 0.717) is 12.5 Å². The maximum Gasteiger partial charge on any atom is 0.419 e. The fourth-order valence-electron chi connectivity index (χ4n) is 3.50. The van der Waals surface area contributed by atoms with Gasteiger partial charge in [0, 0.05) is 31.9 Å². The van der Waals surface area contributed by atoms with Crippen LogP contribution in [0.5, 0.6) is 5.75 Å². The van der Waals surface area contributed by atoms with Crippen LogP contribution in [0.25, 0.3) is 0 Å². The number of para-hydroxylation sites is 1. The van der Waals surface area contributed by atoms with Crippen molar-refractivity contribution in [1.29, 1.82) is 0 Å². The van der Waals surface area contributed by atoms with Crippen LogP contribution < -0.4 is 20.3 Å². The maximum atomic E-state index is 13.0. The van der Waals surface area contributed by atoms with Gasteiger partial charge >= 0.3 is 6.18 Å². The van der Waals surface area contributed by atoms with Crippen LogP contribution in [0.3, 0.4) is 0 Å². The second-order valence-corrected chi connectivity index (χ2v) is 7.38. The number of rotatable bonds is 6. The number of guanidine groups is 1. The summed E-state index contributed by atoms with van der Waals surface area (Å²) in [5.74, 6) is 1.44. The highest BCUT2D eigenvalue weighted by Crippen LogP contribution is 2.35. The Morgan fingerprint density at radius 3 is 2.53 bits per heavy atom. The predicted molar refractivity (Wildman–Crippen MR) is 131 cm³/mol. The number of benzene rings is 1. The minimum Gasteiger partial charge on any atom is -0.491 e. The molecule has 6 nitrogen and oxygen atoms in total. The first-order valence-corrected chi connectivity index (χ1v) is 10.3. The Morgan fingerprint density at radius 1 is 1.16 bits per heavy atom. The van der Waals surface area contributed by atoms with E-state index in [-0.39, 0.29) is 42.4 Å². The molecule has 1 aromatic carbocycles. The number of aromatic nitrogens is 1. The molecule has 1 aliphatic rings. The first-order chi connectivity index (χ1) is 14.9. The van der Waals surface area contributed by atoms with Gasteiger partial charge in [0.25, 0.3) is 0 Å². The molecule has 3 rings (SSSR count).